The molecule has 1 saturated heterocycles. The number of thiazole rings is 1. The summed E-state index contributed by atoms with van der Waals surface area (Å²) in [6.07, 6.45) is 4.94. The molecule has 1 aromatic carbocycles. The molecule has 54 heavy (non-hydrogen) atoms. The number of carbonyl (C=O) groups is 3. The first-order valence-electron chi connectivity index (χ1n) is 17.7. The van der Waals surface area contributed by atoms with Gasteiger partial charge in [-0.15, -0.1) is 24.5 Å². The van der Waals surface area contributed by atoms with Gasteiger partial charge in [0, 0.05) is 10.9 Å². The molecule has 18 heteroatoms. The molecule has 2 aliphatic heterocycles. The number of nitrogens with two attached hydrogens (primary N) is 2. The molecule has 1 saturated carbocycles. The number of carboxylic acid groups (broad SMARTS) is 1. The van der Waals surface area contributed by atoms with Gasteiger partial charge in [-0.1, -0.05) is 19.0 Å². The average Bonchev–Trinajstić information content (AvgIpc) is 3.60. The van der Waals surface area contributed by atoms with Crippen molar-refractivity contribution < 1.29 is 37.9 Å². The Hall–Kier alpha value is -4.36. The third-order valence-electron chi connectivity index (χ3n) is 8.89. The number of amidine groups is 1. The lowest BCUT2D eigenvalue weighted by Crippen LogP contribution is -2.76. The van der Waals surface area contributed by atoms with Crippen LogP contribution in [-0.2, 0) is 29.9 Å². The number of hydrogen-bond donors (Lipinski definition) is 6. The molecule has 0 radical (unpaired) electrons. The number of benzene rings is 1. The van der Waals surface area contributed by atoms with Crippen molar-refractivity contribution in [3.63, 3.8) is 0 Å². The molecule has 300 valence electrons. The number of amides is 2. The van der Waals surface area contributed by atoms with Gasteiger partial charge in [0.2, 0.25) is 0 Å². The van der Waals surface area contributed by atoms with Crippen LogP contribution in [0.25, 0.3) is 0 Å². The summed E-state index contributed by atoms with van der Waals surface area (Å²) in [4.78, 5) is 49.3. The Labute approximate surface area is 324 Å². The fraction of sp³-hybridized carbons (Fsp3) is 0.528. The van der Waals surface area contributed by atoms with Crippen molar-refractivity contribution in [1.29, 1.82) is 0 Å². The molecule has 5 rings (SSSR count). The number of carbonyl (C=O) groups excluding carboxylic acids is 2. The molecule has 1 aromatic heterocycles. The van der Waals surface area contributed by atoms with Gasteiger partial charge in [0.05, 0.1) is 22.6 Å². The Morgan fingerprint density at radius 1 is 1.26 bits per heavy atom. The van der Waals surface area contributed by atoms with E-state index < -0.39 is 40.5 Å². The van der Waals surface area contributed by atoms with Gasteiger partial charge in [-0.2, -0.15) is 9.35 Å². The van der Waals surface area contributed by atoms with Gasteiger partial charge in [-0.3, -0.25) is 19.4 Å². The van der Waals surface area contributed by atoms with E-state index in [2.05, 4.69) is 39.8 Å². The molecule has 8 N–H and O–H groups in total. The van der Waals surface area contributed by atoms with E-state index in [9.17, 15) is 14.1 Å². The van der Waals surface area contributed by atoms with Crippen molar-refractivity contribution in [2.24, 2.45) is 21.8 Å². The second kappa shape index (κ2) is 22.1. The number of aromatic nitrogens is 1. The Morgan fingerprint density at radius 2 is 1.91 bits per heavy atom. The summed E-state index contributed by atoms with van der Waals surface area (Å²) in [5.41, 5.74) is 13.3. The summed E-state index contributed by atoms with van der Waals surface area (Å²) in [6.45, 7) is 16.0. The van der Waals surface area contributed by atoms with E-state index in [0.717, 1.165) is 71.9 Å². The fourth-order valence-electron chi connectivity index (χ4n) is 6.15. The van der Waals surface area contributed by atoms with Crippen molar-refractivity contribution in [2.75, 3.05) is 19.3 Å². The minimum Gasteiger partial charge on any atom is -0.486 e. The van der Waals surface area contributed by atoms with Crippen molar-refractivity contribution in [3.05, 3.63) is 53.6 Å². The van der Waals surface area contributed by atoms with Crippen LogP contribution in [0.15, 0.2) is 46.9 Å². The molecule has 16 nitrogen and oxygen atoms in total. The zero-order valence-electron chi connectivity index (χ0n) is 31.9. The summed E-state index contributed by atoms with van der Waals surface area (Å²) in [5.74, 6) is 4.13. The van der Waals surface area contributed by atoms with E-state index in [4.69, 9.17) is 40.2 Å². The number of nitrogen functional groups attached to an aromatic ring is 1. The highest BCUT2D eigenvalue weighted by atomic mass is 32.2. The van der Waals surface area contributed by atoms with Gasteiger partial charge in [0.15, 0.2) is 16.9 Å². The molecule has 2 amide bonds. The molecule has 4 unspecified atom stereocenters. The minimum atomic E-state index is -1.70. The third-order valence-corrected chi connectivity index (χ3v) is 9.89. The highest BCUT2D eigenvalue weighted by Crippen LogP contribution is 2.35. The van der Waals surface area contributed by atoms with Crippen LogP contribution in [0.3, 0.4) is 0 Å². The zero-order chi connectivity index (χ0) is 40.6. The number of hydroxylamine groups is 2. The van der Waals surface area contributed by atoms with Crippen LogP contribution in [0, 0.1) is 5.92 Å². The number of aliphatic imine (C=N–C) groups is 1. The van der Waals surface area contributed by atoms with Crippen LogP contribution in [0.1, 0.15) is 83.5 Å². The van der Waals surface area contributed by atoms with Gasteiger partial charge < -0.3 is 41.3 Å². The normalized spacial score (nSPS) is 22.7. The van der Waals surface area contributed by atoms with Gasteiger partial charge >= 0.3 is 0 Å². The maximum Gasteiger partial charge on any atom is 0.290 e. The smallest absolute Gasteiger partial charge is 0.290 e. The number of nitrogens with zero attached hydrogens (tertiary/aromatic N) is 4. The third kappa shape index (κ3) is 12.1. The molecule has 0 spiro atoms. The Bertz CT molecular complexity index is 1630. The topological polar surface area (TPSA) is 236 Å². The summed E-state index contributed by atoms with van der Waals surface area (Å²) in [5, 5.41) is 19.8. The van der Waals surface area contributed by atoms with Crippen molar-refractivity contribution in [1.82, 2.24) is 20.7 Å². The lowest BCUT2D eigenvalue weighted by molar-refractivity contribution is -0.214. The maximum atomic E-state index is 13.4. The Morgan fingerprint density at radius 3 is 2.46 bits per heavy atom. The fourth-order valence-corrected chi connectivity index (χ4v) is 7.14. The summed E-state index contributed by atoms with van der Waals surface area (Å²) >= 11 is -0.563. The van der Waals surface area contributed by atoms with Crippen LogP contribution in [0.2, 0.25) is 0 Å². The average molecular weight is 793 g/mol. The van der Waals surface area contributed by atoms with E-state index in [1.165, 1.54) is 0 Å². The zero-order valence-corrected chi connectivity index (χ0v) is 33.6. The molecule has 0 bridgehead atoms. The van der Waals surface area contributed by atoms with Crippen LogP contribution in [0.4, 0.5) is 5.13 Å². The summed E-state index contributed by atoms with van der Waals surface area (Å²) < 4.78 is 20.9. The van der Waals surface area contributed by atoms with Crippen molar-refractivity contribution in [3.8, 4) is 5.75 Å². The Balaban J connectivity index is 0.00000135. The lowest BCUT2D eigenvalue weighted by Gasteiger charge is -2.51. The van der Waals surface area contributed by atoms with Gasteiger partial charge in [0.1, 0.15) is 29.4 Å². The number of oxime groups is 1. The number of β-lactam (4-membered cyclic amide) rings is 1. The van der Waals surface area contributed by atoms with E-state index in [1.54, 1.807) is 19.2 Å². The molecular formula is C36H56N8O8S2. The highest BCUT2D eigenvalue weighted by Gasteiger charge is 2.57. The standard InChI is InChI=1S/C31H44N8O6S2.C2H6.C2H4.CH2O2/c1-17(23-12-8-19-14-20(9-13-24(19)43-23)27(32)35-21-10-6-18(7-11-21)15-34-4)44-38-25(22-16-46-30(33)36-22)28(40)37-26-29(41)39(31(26,2)3)45-47(5)42;2*1-2;2-1-3/h9,13-14,16-18,21,23,26,34,42H,5-8,10-12,15H2,1-4H3,(H2,32,35)(H2,33,36)(H,37,40);1-2H3;1-2H2;1H,(H,2,3)/b38-25-;;;. The van der Waals surface area contributed by atoms with Gasteiger partial charge in [-0.25, -0.2) is 4.98 Å². The molecule has 1 aliphatic carbocycles. The number of ether oxygens (including phenoxy) is 1. The Kier molecular flexibility index (Phi) is 18.8. The number of anilines is 1. The SMILES string of the molecule is C=C.C=S(O)ON1C(=O)C(NC(=O)/C(=N\OC(C)C2CCc3cc(C(N)=NC4CCC(CNC)CC4)ccc3O2)c2csc(N)n2)C1(C)C.CC.O=CO. The predicted molar refractivity (Wildman–Crippen MR) is 216 cm³/mol. The van der Waals surface area contributed by atoms with E-state index in [0.29, 0.717) is 18.2 Å². The first kappa shape index (κ1) is 45.8. The second-order valence-corrected chi connectivity index (χ2v) is 14.5. The number of nitrogens with one attached hydrogen (secondary N) is 2. The molecule has 3 aliphatic rings. The largest absolute Gasteiger partial charge is 0.486 e. The quantitative estimate of drug-likeness (QED) is 0.0335. The summed E-state index contributed by atoms with van der Waals surface area (Å²) in [6, 6.07) is 5.19. The van der Waals surface area contributed by atoms with E-state index in [1.807, 2.05) is 46.0 Å². The predicted octanol–water partition coefficient (Wildman–Crippen LogP) is 4.37. The van der Waals surface area contributed by atoms with Crippen LogP contribution in [-0.4, -0.2) is 98.8 Å². The number of fused-ring (bicyclic) bond motifs is 1. The molecule has 2 fully saturated rings. The van der Waals surface area contributed by atoms with Gasteiger partial charge in [0.25, 0.3) is 18.3 Å². The van der Waals surface area contributed by atoms with Crippen molar-refractivity contribution >= 4 is 63.2 Å². The van der Waals surface area contributed by atoms with Crippen LogP contribution in [0.5, 0.6) is 5.75 Å². The molecular weight excluding hydrogens is 737 g/mol. The maximum absolute atomic E-state index is 13.4. The number of aryl methyl sites for hydroxylation is 1. The monoisotopic (exact) mass is 792 g/mol. The number of rotatable bonds is 12. The first-order chi connectivity index (χ1) is 25.8. The molecule has 4 atom stereocenters. The highest BCUT2D eigenvalue weighted by molar-refractivity contribution is 8.04. The van der Waals surface area contributed by atoms with Gasteiger partial charge in [-0.05, 0) is 108 Å². The molecule has 2 aromatic rings. The van der Waals surface area contributed by atoms with E-state index >= 15 is 0 Å². The minimum absolute atomic E-state index is 0.141. The van der Waals surface area contributed by atoms with E-state index in [-0.39, 0.29) is 35.2 Å². The van der Waals surface area contributed by atoms with Crippen LogP contribution >= 0.6 is 22.4 Å². The van der Waals surface area contributed by atoms with Crippen LogP contribution < -0.4 is 26.8 Å². The van der Waals surface area contributed by atoms with Crippen molar-refractivity contribution in [2.45, 2.75) is 103 Å². The second-order valence-electron chi connectivity index (χ2n) is 12.8. The lowest BCUT2D eigenvalue weighted by atomic mass is 9.84. The number of hydrogen-bond acceptors (Lipinski definition) is 13. The first-order valence-corrected chi connectivity index (χ1v) is 19.8. The molecule has 3 heterocycles. The summed E-state index contributed by atoms with van der Waals surface area (Å²) in [7, 11) is 2.00.